The Morgan fingerprint density at radius 3 is 2.64 bits per heavy atom. The number of methoxy groups -OCH3 is 1. The Balaban J connectivity index is 1.93. The van der Waals surface area contributed by atoms with Crippen LogP contribution in [-0.4, -0.2) is 44.3 Å². The largest absolute Gasteiger partial charge is 0.497 e. The van der Waals surface area contributed by atoms with Crippen molar-refractivity contribution >= 4 is 27.7 Å². The van der Waals surface area contributed by atoms with Gasteiger partial charge in [0.05, 0.1) is 38.7 Å². The van der Waals surface area contributed by atoms with Crippen LogP contribution in [0, 0.1) is 0 Å². The summed E-state index contributed by atoms with van der Waals surface area (Å²) in [6.07, 6.45) is 0.905. The number of nitrogens with zero attached hydrogens (tertiary/aromatic N) is 3. The first-order valence-corrected chi connectivity index (χ1v) is 9.40. The lowest BCUT2D eigenvalue weighted by molar-refractivity contribution is 0.386. The normalized spacial score (nSPS) is 12.0. The molecular formula is C22H25N4O2+. The molecule has 0 amide bonds. The van der Waals surface area contributed by atoms with Gasteiger partial charge < -0.3 is 14.9 Å². The highest BCUT2D eigenvalue weighted by Gasteiger charge is 2.26. The third kappa shape index (κ3) is 3.32. The van der Waals surface area contributed by atoms with Gasteiger partial charge in [-0.1, -0.05) is 18.2 Å². The molecular weight excluding hydrogens is 352 g/mol. The van der Waals surface area contributed by atoms with Gasteiger partial charge in [-0.25, -0.2) is 4.98 Å². The monoisotopic (exact) mass is 377 g/mol. The summed E-state index contributed by atoms with van der Waals surface area (Å²) in [5, 5.41) is 2.01. The van der Waals surface area contributed by atoms with Crippen LogP contribution in [0.15, 0.2) is 52.9 Å². The van der Waals surface area contributed by atoms with Crippen LogP contribution in [0.2, 0.25) is 0 Å². The second kappa shape index (κ2) is 7.22. The molecule has 0 aliphatic rings. The fourth-order valence-electron chi connectivity index (χ4n) is 3.47. The van der Waals surface area contributed by atoms with Gasteiger partial charge in [0, 0.05) is 11.8 Å². The molecule has 144 valence electrons. The fraction of sp³-hybridized carbons (Fsp3) is 0.273. The third-order valence-corrected chi connectivity index (χ3v) is 5.02. The number of fused-ring (bicyclic) bond motifs is 2. The Labute approximate surface area is 164 Å². The van der Waals surface area contributed by atoms with Gasteiger partial charge in [-0.2, -0.15) is 4.98 Å². The molecule has 0 aliphatic carbocycles. The van der Waals surface area contributed by atoms with Gasteiger partial charge >= 0.3 is 0 Å². The van der Waals surface area contributed by atoms with Crippen molar-refractivity contribution in [3.63, 3.8) is 0 Å². The van der Waals surface area contributed by atoms with Crippen molar-refractivity contribution in [1.29, 1.82) is 0 Å². The van der Waals surface area contributed by atoms with E-state index in [1.54, 1.807) is 7.11 Å². The first-order chi connectivity index (χ1) is 13.5. The molecule has 6 nitrogen and oxygen atoms in total. The Kier molecular flexibility index (Phi) is 4.75. The Morgan fingerprint density at radius 2 is 1.89 bits per heavy atom. The minimum atomic E-state index is 0.586. The lowest BCUT2D eigenvalue weighted by atomic mass is 10.2. The number of benzene rings is 2. The number of quaternary nitrogens is 1. The summed E-state index contributed by atoms with van der Waals surface area (Å²) in [6, 6.07) is 15.8. The van der Waals surface area contributed by atoms with Gasteiger partial charge in [0.2, 0.25) is 11.6 Å². The molecule has 2 heterocycles. The van der Waals surface area contributed by atoms with Crippen LogP contribution in [0.4, 0.5) is 5.82 Å². The lowest BCUT2D eigenvalue weighted by Gasteiger charge is -2.29. The predicted molar refractivity (Wildman–Crippen MR) is 113 cm³/mol. The number of rotatable bonds is 6. The number of aromatic nitrogens is 2. The van der Waals surface area contributed by atoms with Gasteiger partial charge in [0.1, 0.15) is 11.3 Å². The SMILES string of the molecule is COc1ccc2nc(-c3cc4ccccc4o3)nc([N+](C)(C)CCCN)c2c1. The minimum absolute atomic E-state index is 0.586. The Bertz CT molecular complexity index is 1100. The van der Waals surface area contributed by atoms with Crippen LogP contribution < -0.4 is 15.0 Å². The van der Waals surface area contributed by atoms with Gasteiger partial charge in [0.25, 0.3) is 0 Å². The van der Waals surface area contributed by atoms with E-state index < -0.39 is 0 Å². The topological polar surface area (TPSA) is 74.2 Å². The van der Waals surface area contributed by atoms with E-state index in [0.29, 0.717) is 22.6 Å². The lowest BCUT2D eigenvalue weighted by Crippen LogP contribution is -2.43. The quantitative estimate of drug-likeness (QED) is 0.515. The summed E-state index contributed by atoms with van der Waals surface area (Å²) < 4.78 is 12.0. The number of hydrogen-bond donors (Lipinski definition) is 1. The highest BCUT2D eigenvalue weighted by Crippen LogP contribution is 2.34. The second-order valence-corrected chi connectivity index (χ2v) is 7.45. The molecule has 0 saturated carbocycles. The summed E-state index contributed by atoms with van der Waals surface area (Å²) in [7, 11) is 5.94. The van der Waals surface area contributed by atoms with Gasteiger partial charge in [-0.15, -0.1) is 0 Å². The maximum absolute atomic E-state index is 6.02. The van der Waals surface area contributed by atoms with Gasteiger partial charge in [-0.05, 0) is 36.9 Å². The first kappa shape index (κ1) is 18.4. The molecule has 0 atom stereocenters. The molecule has 6 heteroatoms. The fourth-order valence-corrected chi connectivity index (χ4v) is 3.47. The van der Waals surface area contributed by atoms with Gasteiger partial charge in [-0.3, -0.25) is 4.48 Å². The molecule has 0 aliphatic heterocycles. The van der Waals surface area contributed by atoms with Crippen molar-refractivity contribution in [2.45, 2.75) is 6.42 Å². The average molecular weight is 377 g/mol. The van der Waals surface area contributed by atoms with E-state index in [1.165, 1.54) is 0 Å². The van der Waals surface area contributed by atoms with E-state index >= 15 is 0 Å². The van der Waals surface area contributed by atoms with Crippen molar-refractivity contribution in [2.24, 2.45) is 5.73 Å². The molecule has 2 N–H and O–H groups in total. The molecule has 4 aromatic rings. The van der Waals surface area contributed by atoms with Crippen molar-refractivity contribution in [3.05, 3.63) is 48.5 Å². The first-order valence-electron chi connectivity index (χ1n) is 9.40. The zero-order chi connectivity index (χ0) is 19.7. The third-order valence-electron chi connectivity index (χ3n) is 5.02. The zero-order valence-electron chi connectivity index (χ0n) is 16.5. The number of para-hydroxylation sites is 1. The maximum atomic E-state index is 6.02. The molecule has 28 heavy (non-hydrogen) atoms. The number of furan rings is 1. The summed E-state index contributed by atoms with van der Waals surface area (Å²) in [6.45, 7) is 1.52. The van der Waals surface area contributed by atoms with E-state index in [9.17, 15) is 0 Å². The molecule has 0 bridgehead atoms. The van der Waals surface area contributed by atoms with Crippen molar-refractivity contribution in [3.8, 4) is 17.3 Å². The van der Waals surface area contributed by atoms with Gasteiger partial charge in [0.15, 0.2) is 5.76 Å². The molecule has 0 unspecified atom stereocenters. The minimum Gasteiger partial charge on any atom is -0.497 e. The van der Waals surface area contributed by atoms with E-state index in [1.807, 2.05) is 48.5 Å². The van der Waals surface area contributed by atoms with E-state index in [4.69, 9.17) is 24.9 Å². The summed E-state index contributed by atoms with van der Waals surface area (Å²) in [4.78, 5) is 9.71. The molecule has 0 fully saturated rings. The number of hydrogen-bond acceptors (Lipinski definition) is 5. The van der Waals surface area contributed by atoms with Crippen molar-refractivity contribution in [1.82, 2.24) is 14.5 Å². The molecule has 4 rings (SSSR count). The van der Waals surface area contributed by atoms with Crippen LogP contribution >= 0.6 is 0 Å². The summed E-state index contributed by atoms with van der Waals surface area (Å²) >= 11 is 0. The number of nitrogens with two attached hydrogens (primary N) is 1. The summed E-state index contributed by atoms with van der Waals surface area (Å²) in [5.41, 5.74) is 7.45. The number of ether oxygens (including phenoxy) is 1. The Hall–Kier alpha value is -2.96. The highest BCUT2D eigenvalue weighted by atomic mass is 16.5. The van der Waals surface area contributed by atoms with Crippen LogP contribution in [0.1, 0.15) is 6.42 Å². The Morgan fingerprint density at radius 1 is 1.07 bits per heavy atom. The average Bonchev–Trinajstić information content (AvgIpc) is 3.15. The maximum Gasteiger partial charge on any atom is 0.239 e. The molecule has 0 radical (unpaired) electrons. The predicted octanol–water partition coefficient (Wildman–Crippen LogP) is 3.97. The highest BCUT2D eigenvalue weighted by molar-refractivity contribution is 5.91. The van der Waals surface area contributed by atoms with E-state index in [0.717, 1.165) is 46.4 Å². The van der Waals surface area contributed by atoms with Crippen molar-refractivity contribution < 1.29 is 9.15 Å². The molecule has 0 spiro atoms. The van der Waals surface area contributed by atoms with Crippen LogP contribution in [-0.2, 0) is 0 Å². The molecule has 2 aromatic carbocycles. The molecule has 0 saturated heterocycles. The van der Waals surface area contributed by atoms with E-state index in [2.05, 4.69) is 14.1 Å². The summed E-state index contributed by atoms with van der Waals surface area (Å²) in [5.74, 6) is 2.96. The molecule has 2 aromatic heterocycles. The van der Waals surface area contributed by atoms with E-state index in [-0.39, 0.29) is 0 Å². The second-order valence-electron chi connectivity index (χ2n) is 7.45. The zero-order valence-corrected chi connectivity index (χ0v) is 16.5. The standard InChI is InChI=1S/C22H25N4O2/c1-26(2,12-6-11-23)22-17-14-16(27-3)9-10-18(17)24-21(25-22)20-13-15-7-4-5-8-19(15)28-20/h4-5,7-10,13-14H,6,11-12,23H2,1-3H3/q+1. The van der Waals surface area contributed by atoms with Crippen molar-refractivity contribution in [2.75, 3.05) is 34.3 Å². The smallest absolute Gasteiger partial charge is 0.239 e. The van der Waals surface area contributed by atoms with Crippen LogP contribution in [0.5, 0.6) is 5.75 Å². The van der Waals surface area contributed by atoms with Crippen LogP contribution in [0.25, 0.3) is 33.5 Å². The van der Waals surface area contributed by atoms with Crippen LogP contribution in [0.3, 0.4) is 0 Å².